The second-order valence-corrected chi connectivity index (χ2v) is 6.60. The molecule has 2 N–H and O–H groups in total. The van der Waals surface area contributed by atoms with Crippen molar-refractivity contribution in [3.05, 3.63) is 48.2 Å². The molecule has 4 rings (SSSR count). The third-order valence-electron chi connectivity index (χ3n) is 4.80. The molecule has 1 atom stereocenters. The summed E-state index contributed by atoms with van der Waals surface area (Å²) in [5, 5.41) is 4.51. The summed E-state index contributed by atoms with van der Waals surface area (Å²) in [5.41, 5.74) is 8.67. The van der Waals surface area contributed by atoms with Gasteiger partial charge >= 0.3 is 0 Å². The minimum atomic E-state index is 0.0116. The number of carbonyl (C=O) groups is 1. The summed E-state index contributed by atoms with van der Waals surface area (Å²) >= 11 is 0. The van der Waals surface area contributed by atoms with Gasteiger partial charge in [-0.2, -0.15) is 0 Å². The van der Waals surface area contributed by atoms with Crippen molar-refractivity contribution in [2.24, 2.45) is 0 Å². The number of rotatable bonds is 2. The molecule has 1 amide bonds. The van der Waals surface area contributed by atoms with E-state index >= 15 is 0 Å². The maximum Gasteiger partial charge on any atom is 0.255 e. The van der Waals surface area contributed by atoms with Gasteiger partial charge in [0.25, 0.3) is 5.91 Å². The minimum absolute atomic E-state index is 0.0116. The number of nitrogens with zero attached hydrogens (tertiary/aromatic N) is 4. The highest BCUT2D eigenvalue weighted by molar-refractivity contribution is 5.96. The van der Waals surface area contributed by atoms with E-state index in [9.17, 15) is 4.79 Å². The SMILES string of the molecule is CC1CCCCN1C(=O)c1cc(N)c2nc(-c3ccccc3)nn2c1. The number of nitrogen functional groups attached to an aromatic ring is 1. The van der Waals surface area contributed by atoms with Crippen LogP contribution in [0.5, 0.6) is 0 Å². The van der Waals surface area contributed by atoms with Crippen molar-refractivity contribution in [3.8, 4) is 11.4 Å². The molecular weight excluding hydrogens is 314 g/mol. The van der Waals surface area contributed by atoms with E-state index in [2.05, 4.69) is 17.0 Å². The number of benzene rings is 1. The van der Waals surface area contributed by atoms with Gasteiger partial charge in [-0.1, -0.05) is 30.3 Å². The number of fused-ring (bicyclic) bond motifs is 1. The molecule has 0 aliphatic carbocycles. The van der Waals surface area contributed by atoms with Gasteiger partial charge in [0.15, 0.2) is 11.5 Å². The summed E-state index contributed by atoms with van der Waals surface area (Å²) in [5.74, 6) is 0.612. The largest absolute Gasteiger partial charge is 0.396 e. The van der Waals surface area contributed by atoms with Crippen molar-refractivity contribution >= 4 is 17.2 Å². The van der Waals surface area contributed by atoms with E-state index in [-0.39, 0.29) is 11.9 Å². The van der Waals surface area contributed by atoms with Crippen LogP contribution in [-0.4, -0.2) is 38.0 Å². The Labute approximate surface area is 146 Å². The molecule has 1 aliphatic rings. The van der Waals surface area contributed by atoms with Gasteiger partial charge in [-0.3, -0.25) is 4.79 Å². The fraction of sp³-hybridized carbons (Fsp3) is 0.316. The standard InChI is InChI=1S/C19H21N5O/c1-13-7-5-6-10-23(13)19(25)15-11-16(20)18-21-17(22-24(18)12-15)14-8-3-2-4-9-14/h2-4,8-9,11-13H,5-7,10,20H2,1H3. The number of piperidine rings is 1. The van der Waals surface area contributed by atoms with E-state index in [1.54, 1.807) is 16.8 Å². The summed E-state index contributed by atoms with van der Waals surface area (Å²) in [6.45, 7) is 2.90. The van der Waals surface area contributed by atoms with Crippen LogP contribution in [0.15, 0.2) is 42.6 Å². The van der Waals surface area contributed by atoms with E-state index in [1.165, 1.54) is 6.42 Å². The summed E-state index contributed by atoms with van der Waals surface area (Å²) in [6.07, 6.45) is 5.00. The van der Waals surface area contributed by atoms with Gasteiger partial charge in [0, 0.05) is 24.3 Å². The van der Waals surface area contributed by atoms with Crippen molar-refractivity contribution in [1.82, 2.24) is 19.5 Å². The highest BCUT2D eigenvalue weighted by Crippen LogP contribution is 2.23. The number of hydrogen-bond acceptors (Lipinski definition) is 4. The first kappa shape index (κ1) is 15.6. The van der Waals surface area contributed by atoms with Crippen molar-refractivity contribution in [2.75, 3.05) is 12.3 Å². The Kier molecular flexibility index (Phi) is 3.87. The quantitative estimate of drug-likeness (QED) is 0.781. The molecule has 1 saturated heterocycles. The first-order valence-corrected chi connectivity index (χ1v) is 8.66. The second-order valence-electron chi connectivity index (χ2n) is 6.60. The zero-order valence-corrected chi connectivity index (χ0v) is 14.2. The van der Waals surface area contributed by atoms with Crippen LogP contribution in [0, 0.1) is 0 Å². The van der Waals surface area contributed by atoms with Gasteiger partial charge in [-0.15, -0.1) is 5.10 Å². The van der Waals surface area contributed by atoms with Gasteiger partial charge < -0.3 is 10.6 Å². The third-order valence-corrected chi connectivity index (χ3v) is 4.80. The van der Waals surface area contributed by atoms with Crippen LogP contribution in [0.2, 0.25) is 0 Å². The number of pyridine rings is 1. The van der Waals surface area contributed by atoms with Crippen molar-refractivity contribution < 1.29 is 4.79 Å². The predicted octanol–water partition coefficient (Wildman–Crippen LogP) is 2.99. The fourth-order valence-corrected chi connectivity index (χ4v) is 3.40. The lowest BCUT2D eigenvalue weighted by molar-refractivity contribution is 0.0635. The molecule has 0 bridgehead atoms. The Bertz CT molecular complexity index is 918. The van der Waals surface area contributed by atoms with Crippen LogP contribution in [0.25, 0.3) is 17.0 Å². The molecule has 1 fully saturated rings. The molecule has 0 saturated carbocycles. The van der Waals surface area contributed by atoms with Gasteiger partial charge in [0.05, 0.1) is 11.3 Å². The van der Waals surface area contributed by atoms with Crippen LogP contribution in [0.3, 0.4) is 0 Å². The molecule has 1 aromatic carbocycles. The number of aromatic nitrogens is 3. The van der Waals surface area contributed by atoms with Crippen molar-refractivity contribution in [3.63, 3.8) is 0 Å². The van der Waals surface area contributed by atoms with Gasteiger partial charge in [-0.05, 0) is 32.3 Å². The van der Waals surface area contributed by atoms with Crippen molar-refractivity contribution in [1.29, 1.82) is 0 Å². The van der Waals surface area contributed by atoms with E-state index in [0.29, 0.717) is 22.7 Å². The topological polar surface area (TPSA) is 76.5 Å². The molecule has 25 heavy (non-hydrogen) atoms. The average Bonchev–Trinajstić information content (AvgIpc) is 3.07. The smallest absolute Gasteiger partial charge is 0.255 e. The molecule has 6 heteroatoms. The molecule has 3 heterocycles. The van der Waals surface area contributed by atoms with Crippen LogP contribution in [-0.2, 0) is 0 Å². The lowest BCUT2D eigenvalue weighted by atomic mass is 10.0. The molecule has 1 aliphatic heterocycles. The Hall–Kier alpha value is -2.89. The van der Waals surface area contributed by atoms with Crippen molar-refractivity contribution in [2.45, 2.75) is 32.2 Å². The van der Waals surface area contributed by atoms with Crippen LogP contribution in [0.4, 0.5) is 5.69 Å². The molecule has 2 aromatic heterocycles. The molecule has 0 spiro atoms. The molecule has 0 radical (unpaired) electrons. The highest BCUT2D eigenvalue weighted by atomic mass is 16.2. The fourth-order valence-electron chi connectivity index (χ4n) is 3.40. The Morgan fingerprint density at radius 2 is 2.04 bits per heavy atom. The summed E-state index contributed by atoms with van der Waals surface area (Å²) in [6, 6.07) is 11.7. The monoisotopic (exact) mass is 335 g/mol. The van der Waals surface area contributed by atoms with E-state index in [4.69, 9.17) is 5.73 Å². The summed E-state index contributed by atoms with van der Waals surface area (Å²) in [7, 11) is 0. The van der Waals surface area contributed by atoms with E-state index < -0.39 is 0 Å². The number of hydrogen-bond donors (Lipinski definition) is 1. The predicted molar refractivity (Wildman–Crippen MR) is 97.2 cm³/mol. The number of carbonyl (C=O) groups excluding carboxylic acids is 1. The molecule has 1 unspecified atom stereocenters. The highest BCUT2D eigenvalue weighted by Gasteiger charge is 2.25. The first-order chi connectivity index (χ1) is 12.1. The normalized spacial score (nSPS) is 17.8. The minimum Gasteiger partial charge on any atom is -0.396 e. The van der Waals surface area contributed by atoms with Crippen LogP contribution >= 0.6 is 0 Å². The van der Waals surface area contributed by atoms with Gasteiger partial charge in [-0.25, -0.2) is 9.50 Å². The summed E-state index contributed by atoms with van der Waals surface area (Å²) < 4.78 is 1.61. The Morgan fingerprint density at radius 3 is 2.80 bits per heavy atom. The zero-order valence-electron chi connectivity index (χ0n) is 14.2. The van der Waals surface area contributed by atoms with Crippen LogP contribution < -0.4 is 5.73 Å². The number of anilines is 1. The Morgan fingerprint density at radius 1 is 1.24 bits per heavy atom. The third kappa shape index (κ3) is 2.84. The molecule has 128 valence electrons. The zero-order chi connectivity index (χ0) is 17.4. The maximum absolute atomic E-state index is 12.9. The molecule has 6 nitrogen and oxygen atoms in total. The number of nitrogens with two attached hydrogens (primary N) is 1. The average molecular weight is 335 g/mol. The maximum atomic E-state index is 12.9. The molecule has 3 aromatic rings. The summed E-state index contributed by atoms with van der Waals surface area (Å²) in [4.78, 5) is 19.3. The number of likely N-dealkylation sites (tertiary alicyclic amines) is 1. The lowest BCUT2D eigenvalue weighted by Gasteiger charge is -2.33. The van der Waals surface area contributed by atoms with Gasteiger partial charge in [0.2, 0.25) is 0 Å². The lowest BCUT2D eigenvalue weighted by Crippen LogP contribution is -2.42. The second kappa shape index (κ2) is 6.20. The molecular formula is C19H21N5O. The van der Waals surface area contributed by atoms with Crippen LogP contribution in [0.1, 0.15) is 36.5 Å². The number of amides is 1. The van der Waals surface area contributed by atoms with E-state index in [1.807, 2.05) is 35.2 Å². The van der Waals surface area contributed by atoms with Gasteiger partial charge in [0.1, 0.15) is 0 Å². The Balaban J connectivity index is 1.73. The first-order valence-electron chi connectivity index (χ1n) is 8.66. The van der Waals surface area contributed by atoms with E-state index in [0.717, 1.165) is 24.9 Å².